The van der Waals surface area contributed by atoms with Crippen LogP contribution in [-0.4, -0.2) is 27.1 Å². The number of aromatic nitrogens is 1. The highest BCUT2D eigenvalue weighted by atomic mass is 79.9. The first-order valence-corrected chi connectivity index (χ1v) is 6.27. The predicted molar refractivity (Wildman–Crippen MR) is 75.0 cm³/mol. The molecule has 0 unspecified atom stereocenters. The first kappa shape index (κ1) is 14.0. The minimum absolute atomic E-state index is 0.0649. The molecular formula is C13H9BrN2O4. The molecule has 1 heterocycles. The number of nitrogens with zero attached hydrogens (tertiary/aromatic N) is 1. The number of nitrogens with one attached hydrogen (secondary N) is 1. The molecule has 0 radical (unpaired) electrons. The largest absolute Gasteiger partial charge is 0.507 e. The molecule has 0 spiro atoms. The quantitative estimate of drug-likeness (QED) is 0.799. The maximum Gasteiger partial charge on any atom is 0.354 e. The van der Waals surface area contributed by atoms with Crippen molar-refractivity contribution in [2.45, 2.75) is 0 Å². The number of rotatable bonds is 3. The second-order valence-electron chi connectivity index (χ2n) is 3.83. The van der Waals surface area contributed by atoms with Crippen molar-refractivity contribution in [2.24, 2.45) is 0 Å². The fraction of sp³-hybridized carbons (Fsp3) is 0. The Kier molecular flexibility index (Phi) is 3.99. The highest BCUT2D eigenvalue weighted by Gasteiger charge is 2.11. The summed E-state index contributed by atoms with van der Waals surface area (Å²) < 4.78 is 0.472. The van der Waals surface area contributed by atoms with E-state index in [0.717, 1.165) is 0 Å². The Hall–Kier alpha value is -2.41. The summed E-state index contributed by atoms with van der Waals surface area (Å²) in [5, 5.41) is 20.8. The third-order valence-corrected chi connectivity index (χ3v) is 3.09. The molecule has 2 aromatic rings. The number of hydrogen-bond acceptors (Lipinski definition) is 4. The van der Waals surface area contributed by atoms with E-state index < -0.39 is 11.9 Å². The summed E-state index contributed by atoms with van der Waals surface area (Å²) >= 11 is 3.11. The number of halogens is 1. The number of phenolic OH excluding ortho intramolecular Hbond substituents is 1. The zero-order valence-corrected chi connectivity index (χ0v) is 11.6. The smallest absolute Gasteiger partial charge is 0.354 e. The van der Waals surface area contributed by atoms with Gasteiger partial charge in [-0.2, -0.15) is 0 Å². The van der Waals surface area contributed by atoms with Gasteiger partial charge in [-0.25, -0.2) is 9.78 Å². The van der Waals surface area contributed by atoms with Crippen LogP contribution < -0.4 is 5.32 Å². The molecule has 0 fully saturated rings. The lowest BCUT2D eigenvalue weighted by Crippen LogP contribution is -2.14. The molecule has 0 aliphatic carbocycles. The number of amides is 1. The van der Waals surface area contributed by atoms with Gasteiger partial charge in [0.25, 0.3) is 5.91 Å². The molecule has 102 valence electrons. The van der Waals surface area contributed by atoms with Crippen molar-refractivity contribution < 1.29 is 19.8 Å². The minimum atomic E-state index is -1.18. The van der Waals surface area contributed by atoms with Crippen LogP contribution in [0.25, 0.3) is 0 Å². The summed E-state index contributed by atoms with van der Waals surface area (Å²) in [7, 11) is 0. The van der Waals surface area contributed by atoms with E-state index in [0.29, 0.717) is 4.47 Å². The molecule has 1 aromatic carbocycles. The van der Waals surface area contributed by atoms with Crippen LogP contribution in [0.3, 0.4) is 0 Å². The molecule has 0 atom stereocenters. The molecule has 1 aromatic heterocycles. The number of anilines is 1. The van der Waals surface area contributed by atoms with Crippen molar-refractivity contribution in [3.05, 3.63) is 52.1 Å². The number of aromatic hydroxyl groups is 1. The van der Waals surface area contributed by atoms with E-state index in [9.17, 15) is 14.7 Å². The Morgan fingerprint density at radius 2 is 1.95 bits per heavy atom. The SMILES string of the molecule is O=C(Nc1cccc(C(=O)O)n1)c1ccc(Br)c(O)c1. The minimum Gasteiger partial charge on any atom is -0.507 e. The molecule has 0 saturated heterocycles. The van der Waals surface area contributed by atoms with Crippen LogP contribution in [0.2, 0.25) is 0 Å². The lowest BCUT2D eigenvalue weighted by molar-refractivity contribution is 0.0690. The lowest BCUT2D eigenvalue weighted by Gasteiger charge is -2.06. The topological polar surface area (TPSA) is 99.5 Å². The fourth-order valence-corrected chi connectivity index (χ4v) is 1.71. The molecule has 20 heavy (non-hydrogen) atoms. The van der Waals surface area contributed by atoms with Gasteiger partial charge in [0.1, 0.15) is 11.6 Å². The number of aromatic carboxylic acids is 1. The molecular weight excluding hydrogens is 328 g/mol. The van der Waals surface area contributed by atoms with Gasteiger partial charge in [0.15, 0.2) is 5.69 Å². The number of carbonyl (C=O) groups excluding carboxylic acids is 1. The van der Waals surface area contributed by atoms with Gasteiger partial charge in [0.05, 0.1) is 4.47 Å². The summed E-state index contributed by atoms with van der Waals surface area (Å²) in [4.78, 5) is 26.5. The zero-order valence-electron chi connectivity index (χ0n) is 10.0. The lowest BCUT2D eigenvalue weighted by atomic mass is 10.2. The molecule has 0 aliphatic rings. The van der Waals surface area contributed by atoms with E-state index in [-0.39, 0.29) is 22.8 Å². The summed E-state index contributed by atoms with van der Waals surface area (Å²) in [6.45, 7) is 0. The van der Waals surface area contributed by atoms with Crippen molar-refractivity contribution in [1.29, 1.82) is 0 Å². The Morgan fingerprint density at radius 1 is 1.20 bits per heavy atom. The zero-order chi connectivity index (χ0) is 14.7. The van der Waals surface area contributed by atoms with E-state index >= 15 is 0 Å². The van der Waals surface area contributed by atoms with Gasteiger partial charge in [-0.05, 0) is 46.3 Å². The van der Waals surface area contributed by atoms with Crippen molar-refractivity contribution in [3.63, 3.8) is 0 Å². The van der Waals surface area contributed by atoms with E-state index in [1.165, 1.54) is 36.4 Å². The second kappa shape index (κ2) is 5.70. The molecule has 0 bridgehead atoms. The molecule has 2 rings (SSSR count). The summed E-state index contributed by atoms with van der Waals surface area (Å²) in [5.41, 5.74) is 0.0645. The number of carbonyl (C=O) groups is 2. The highest BCUT2D eigenvalue weighted by Crippen LogP contribution is 2.24. The molecule has 6 nitrogen and oxygen atoms in total. The Labute approximate surface area is 122 Å². The Bertz CT molecular complexity index is 688. The summed E-state index contributed by atoms with van der Waals surface area (Å²) in [5.74, 6) is -1.62. The van der Waals surface area contributed by atoms with Gasteiger partial charge in [-0.3, -0.25) is 4.79 Å². The molecule has 7 heteroatoms. The Balaban J connectivity index is 2.21. The van der Waals surface area contributed by atoms with Crippen molar-refractivity contribution in [2.75, 3.05) is 5.32 Å². The number of hydrogen-bond donors (Lipinski definition) is 3. The normalized spacial score (nSPS) is 10.1. The van der Waals surface area contributed by atoms with Gasteiger partial charge in [0.2, 0.25) is 0 Å². The molecule has 0 saturated carbocycles. The molecule has 1 amide bonds. The number of pyridine rings is 1. The third kappa shape index (κ3) is 3.12. The van der Waals surface area contributed by atoms with Crippen molar-refractivity contribution >= 4 is 33.6 Å². The van der Waals surface area contributed by atoms with E-state index in [1.807, 2.05) is 0 Å². The maximum atomic E-state index is 11.9. The molecule has 0 aliphatic heterocycles. The van der Waals surface area contributed by atoms with Gasteiger partial charge < -0.3 is 15.5 Å². The number of benzene rings is 1. The summed E-state index contributed by atoms with van der Waals surface area (Å²) in [6.07, 6.45) is 0. The number of carboxylic acid groups (broad SMARTS) is 1. The second-order valence-corrected chi connectivity index (χ2v) is 4.69. The third-order valence-electron chi connectivity index (χ3n) is 2.42. The van der Waals surface area contributed by atoms with E-state index in [1.54, 1.807) is 0 Å². The number of phenols is 1. The van der Waals surface area contributed by atoms with Crippen LogP contribution in [0.4, 0.5) is 5.82 Å². The van der Waals surface area contributed by atoms with Crippen LogP contribution in [-0.2, 0) is 0 Å². The van der Waals surface area contributed by atoms with Crippen LogP contribution in [0, 0.1) is 0 Å². The maximum absolute atomic E-state index is 11.9. The highest BCUT2D eigenvalue weighted by molar-refractivity contribution is 9.10. The predicted octanol–water partition coefficient (Wildman–Crippen LogP) is 2.50. The van der Waals surface area contributed by atoms with Crippen LogP contribution in [0.15, 0.2) is 40.9 Å². The van der Waals surface area contributed by atoms with Gasteiger partial charge in [-0.15, -0.1) is 0 Å². The van der Waals surface area contributed by atoms with Gasteiger partial charge in [0, 0.05) is 5.56 Å². The monoisotopic (exact) mass is 336 g/mol. The van der Waals surface area contributed by atoms with E-state index in [4.69, 9.17) is 5.11 Å². The first-order valence-electron chi connectivity index (χ1n) is 5.47. The van der Waals surface area contributed by atoms with Gasteiger partial charge in [-0.1, -0.05) is 6.07 Å². The van der Waals surface area contributed by atoms with Crippen molar-refractivity contribution in [1.82, 2.24) is 4.98 Å². The standard InChI is InChI=1S/C13H9BrN2O4/c14-8-5-4-7(6-10(8)17)12(18)16-11-3-1-2-9(15-11)13(19)20/h1-6,17H,(H,19,20)(H,15,16,18). The first-order chi connectivity index (χ1) is 9.47. The van der Waals surface area contributed by atoms with Crippen LogP contribution >= 0.6 is 15.9 Å². The summed E-state index contributed by atoms with van der Waals surface area (Å²) in [6, 6.07) is 8.61. The van der Waals surface area contributed by atoms with E-state index in [2.05, 4.69) is 26.2 Å². The van der Waals surface area contributed by atoms with Gasteiger partial charge >= 0.3 is 5.97 Å². The van der Waals surface area contributed by atoms with Crippen LogP contribution in [0.1, 0.15) is 20.8 Å². The fourth-order valence-electron chi connectivity index (χ4n) is 1.47. The van der Waals surface area contributed by atoms with Crippen molar-refractivity contribution in [3.8, 4) is 5.75 Å². The number of carboxylic acids is 1. The Morgan fingerprint density at radius 3 is 2.60 bits per heavy atom. The average molecular weight is 337 g/mol. The average Bonchev–Trinajstić information content (AvgIpc) is 2.42. The van der Waals surface area contributed by atoms with Crippen LogP contribution in [0.5, 0.6) is 5.75 Å². The molecule has 3 N–H and O–H groups in total.